The molecule has 0 spiro atoms. The molecule has 0 N–H and O–H groups in total. The van der Waals surface area contributed by atoms with Gasteiger partial charge in [-0.1, -0.05) is 5.21 Å². The summed E-state index contributed by atoms with van der Waals surface area (Å²) in [5.41, 5.74) is 2.45. The van der Waals surface area contributed by atoms with Gasteiger partial charge in [-0.05, 0) is 43.3 Å². The Balaban J connectivity index is 2.03. The largest absolute Gasteiger partial charge is 0.494 e. The predicted molar refractivity (Wildman–Crippen MR) is 67.8 cm³/mol. The highest BCUT2D eigenvalue weighted by atomic mass is 16.5. The van der Waals surface area contributed by atoms with Gasteiger partial charge >= 0.3 is 0 Å². The van der Waals surface area contributed by atoms with Gasteiger partial charge in [-0.3, -0.25) is 0 Å². The molecule has 0 saturated carbocycles. The van der Waals surface area contributed by atoms with Crippen LogP contribution in [0.5, 0.6) is 5.75 Å². The van der Waals surface area contributed by atoms with Crippen LogP contribution in [-0.4, -0.2) is 26.6 Å². The first-order valence-electron chi connectivity index (χ1n) is 5.78. The molecule has 2 aromatic heterocycles. The standard InChI is InChI=1S/C13H12N4O/c1-2-18-11-7-5-10(6-8-11)17-13-12(15-16-17)4-3-9-14-13/h3-9H,2H2,1H3. The molecule has 0 bridgehead atoms. The molecule has 3 rings (SSSR count). The van der Waals surface area contributed by atoms with E-state index in [-0.39, 0.29) is 0 Å². The Morgan fingerprint density at radius 1 is 1.17 bits per heavy atom. The lowest BCUT2D eigenvalue weighted by Gasteiger charge is -2.04. The van der Waals surface area contributed by atoms with Gasteiger partial charge in [0.25, 0.3) is 0 Å². The first-order valence-corrected chi connectivity index (χ1v) is 5.78. The highest BCUT2D eigenvalue weighted by Gasteiger charge is 2.06. The quantitative estimate of drug-likeness (QED) is 0.704. The van der Waals surface area contributed by atoms with Crippen LogP contribution in [0.25, 0.3) is 16.9 Å². The molecule has 3 aromatic rings. The summed E-state index contributed by atoms with van der Waals surface area (Å²) in [7, 11) is 0. The van der Waals surface area contributed by atoms with Gasteiger partial charge in [-0.25, -0.2) is 4.98 Å². The van der Waals surface area contributed by atoms with Gasteiger partial charge in [0.15, 0.2) is 5.65 Å². The van der Waals surface area contributed by atoms with Crippen molar-refractivity contribution in [1.29, 1.82) is 0 Å². The number of nitrogens with zero attached hydrogens (tertiary/aromatic N) is 4. The van der Waals surface area contributed by atoms with Crippen molar-refractivity contribution in [3.63, 3.8) is 0 Å². The summed E-state index contributed by atoms with van der Waals surface area (Å²) in [6, 6.07) is 11.4. The number of benzene rings is 1. The van der Waals surface area contributed by atoms with Crippen LogP contribution in [-0.2, 0) is 0 Å². The summed E-state index contributed by atoms with van der Waals surface area (Å²) in [6.45, 7) is 2.62. The molecule has 5 nitrogen and oxygen atoms in total. The van der Waals surface area contributed by atoms with Gasteiger partial charge in [0.1, 0.15) is 11.3 Å². The Morgan fingerprint density at radius 2 is 2.00 bits per heavy atom. The van der Waals surface area contributed by atoms with E-state index in [1.165, 1.54) is 0 Å². The topological polar surface area (TPSA) is 52.8 Å². The van der Waals surface area contributed by atoms with Gasteiger partial charge in [0.2, 0.25) is 0 Å². The maximum atomic E-state index is 5.40. The summed E-state index contributed by atoms with van der Waals surface area (Å²) in [5.74, 6) is 0.846. The number of fused-ring (bicyclic) bond motifs is 1. The minimum atomic E-state index is 0.660. The van der Waals surface area contributed by atoms with E-state index in [1.54, 1.807) is 10.9 Å². The summed E-state index contributed by atoms with van der Waals surface area (Å²) in [4.78, 5) is 4.28. The fourth-order valence-electron chi connectivity index (χ4n) is 1.79. The molecular formula is C13H12N4O. The van der Waals surface area contributed by atoms with Gasteiger partial charge in [0.05, 0.1) is 12.3 Å². The minimum absolute atomic E-state index is 0.660. The third kappa shape index (κ3) is 1.79. The van der Waals surface area contributed by atoms with Crippen molar-refractivity contribution < 1.29 is 4.74 Å². The van der Waals surface area contributed by atoms with Crippen molar-refractivity contribution in [3.8, 4) is 11.4 Å². The lowest BCUT2D eigenvalue weighted by molar-refractivity contribution is 0.340. The number of pyridine rings is 1. The average molecular weight is 240 g/mol. The molecule has 0 aliphatic carbocycles. The molecule has 0 aliphatic heterocycles. The SMILES string of the molecule is CCOc1ccc(-n2nnc3cccnc32)cc1. The Morgan fingerprint density at radius 3 is 2.78 bits per heavy atom. The van der Waals surface area contributed by atoms with E-state index >= 15 is 0 Å². The predicted octanol–water partition coefficient (Wildman–Crippen LogP) is 2.21. The van der Waals surface area contributed by atoms with E-state index < -0.39 is 0 Å². The summed E-state index contributed by atoms with van der Waals surface area (Å²) in [6.07, 6.45) is 1.73. The van der Waals surface area contributed by atoms with E-state index in [0.717, 1.165) is 22.6 Å². The molecule has 2 heterocycles. The molecule has 0 fully saturated rings. The maximum absolute atomic E-state index is 5.40. The Hall–Kier alpha value is -2.43. The van der Waals surface area contributed by atoms with Crippen LogP contribution in [0.2, 0.25) is 0 Å². The van der Waals surface area contributed by atoms with Crippen molar-refractivity contribution in [2.75, 3.05) is 6.61 Å². The summed E-state index contributed by atoms with van der Waals surface area (Å²) in [5, 5.41) is 8.18. The van der Waals surface area contributed by atoms with Crippen molar-refractivity contribution in [2.24, 2.45) is 0 Å². The lowest BCUT2D eigenvalue weighted by Crippen LogP contribution is -1.98. The molecule has 5 heteroatoms. The number of ether oxygens (including phenoxy) is 1. The van der Waals surface area contributed by atoms with Crippen LogP contribution in [0.4, 0.5) is 0 Å². The zero-order valence-corrected chi connectivity index (χ0v) is 9.95. The van der Waals surface area contributed by atoms with Crippen LogP contribution < -0.4 is 4.74 Å². The van der Waals surface area contributed by atoms with Crippen molar-refractivity contribution in [1.82, 2.24) is 20.0 Å². The molecule has 0 atom stereocenters. The van der Waals surface area contributed by atoms with Gasteiger partial charge in [-0.15, -0.1) is 5.10 Å². The highest BCUT2D eigenvalue weighted by Crippen LogP contribution is 2.17. The molecule has 0 unspecified atom stereocenters. The zero-order chi connectivity index (χ0) is 12.4. The maximum Gasteiger partial charge on any atom is 0.183 e. The van der Waals surface area contributed by atoms with Crippen LogP contribution >= 0.6 is 0 Å². The molecule has 1 aromatic carbocycles. The molecule has 0 amide bonds. The average Bonchev–Trinajstić information content (AvgIpc) is 2.84. The molecule has 0 radical (unpaired) electrons. The smallest absolute Gasteiger partial charge is 0.183 e. The Labute approximate surface area is 104 Å². The second-order valence-electron chi connectivity index (χ2n) is 3.77. The first kappa shape index (κ1) is 10.7. The van der Waals surface area contributed by atoms with Crippen molar-refractivity contribution >= 4 is 11.2 Å². The molecule has 18 heavy (non-hydrogen) atoms. The van der Waals surface area contributed by atoms with Crippen LogP contribution in [0.1, 0.15) is 6.92 Å². The Bertz CT molecular complexity index is 660. The van der Waals surface area contributed by atoms with E-state index in [9.17, 15) is 0 Å². The Kier molecular flexibility index (Phi) is 2.64. The van der Waals surface area contributed by atoms with Gasteiger partial charge in [0, 0.05) is 6.20 Å². The first-order chi connectivity index (χ1) is 8.88. The van der Waals surface area contributed by atoms with E-state index in [0.29, 0.717) is 6.61 Å². The normalized spacial score (nSPS) is 10.7. The van der Waals surface area contributed by atoms with Crippen molar-refractivity contribution in [3.05, 3.63) is 42.6 Å². The van der Waals surface area contributed by atoms with E-state index in [4.69, 9.17) is 4.74 Å². The molecule has 0 aliphatic rings. The monoisotopic (exact) mass is 240 g/mol. The summed E-state index contributed by atoms with van der Waals surface area (Å²) < 4.78 is 7.12. The minimum Gasteiger partial charge on any atom is -0.494 e. The summed E-state index contributed by atoms with van der Waals surface area (Å²) >= 11 is 0. The van der Waals surface area contributed by atoms with Crippen molar-refractivity contribution in [2.45, 2.75) is 6.92 Å². The van der Waals surface area contributed by atoms with E-state index in [2.05, 4.69) is 15.3 Å². The second-order valence-corrected chi connectivity index (χ2v) is 3.77. The van der Waals surface area contributed by atoms with Gasteiger partial charge < -0.3 is 4.74 Å². The molecular weight excluding hydrogens is 228 g/mol. The number of aromatic nitrogens is 4. The molecule has 0 saturated heterocycles. The fourth-order valence-corrected chi connectivity index (χ4v) is 1.79. The zero-order valence-electron chi connectivity index (χ0n) is 9.95. The van der Waals surface area contributed by atoms with Crippen LogP contribution in [0, 0.1) is 0 Å². The highest BCUT2D eigenvalue weighted by molar-refractivity contribution is 5.71. The van der Waals surface area contributed by atoms with E-state index in [1.807, 2.05) is 43.3 Å². The second kappa shape index (κ2) is 4.44. The number of hydrogen-bond acceptors (Lipinski definition) is 4. The number of hydrogen-bond donors (Lipinski definition) is 0. The van der Waals surface area contributed by atoms with Crippen LogP contribution in [0.15, 0.2) is 42.6 Å². The lowest BCUT2D eigenvalue weighted by atomic mass is 10.3. The fraction of sp³-hybridized carbons (Fsp3) is 0.154. The number of rotatable bonds is 3. The third-order valence-corrected chi connectivity index (χ3v) is 2.60. The third-order valence-electron chi connectivity index (χ3n) is 2.60. The van der Waals surface area contributed by atoms with Crippen LogP contribution in [0.3, 0.4) is 0 Å². The van der Waals surface area contributed by atoms with Gasteiger partial charge in [-0.2, -0.15) is 4.68 Å². The molecule has 90 valence electrons.